The SMILES string of the molecule is Cc1nc(/C=C2\C(=O)N(C)c3ccccc32)c2ccccn12. The van der Waals surface area contributed by atoms with Crippen molar-refractivity contribution in [3.05, 3.63) is 65.7 Å². The number of carbonyl (C=O) groups is 1. The van der Waals surface area contributed by atoms with E-state index in [0.29, 0.717) is 5.57 Å². The number of carbonyl (C=O) groups excluding carboxylic acids is 1. The Morgan fingerprint density at radius 3 is 2.73 bits per heavy atom. The number of rotatable bonds is 1. The molecule has 0 radical (unpaired) electrons. The second-order valence-electron chi connectivity index (χ2n) is 5.44. The van der Waals surface area contributed by atoms with Gasteiger partial charge in [-0.2, -0.15) is 0 Å². The van der Waals surface area contributed by atoms with Gasteiger partial charge in [-0.25, -0.2) is 4.98 Å². The molecule has 3 aromatic rings. The highest BCUT2D eigenvalue weighted by Gasteiger charge is 2.29. The number of fused-ring (bicyclic) bond motifs is 2. The quantitative estimate of drug-likeness (QED) is 0.645. The summed E-state index contributed by atoms with van der Waals surface area (Å²) in [6.07, 6.45) is 3.88. The van der Waals surface area contributed by atoms with Crippen molar-refractivity contribution in [1.82, 2.24) is 9.38 Å². The van der Waals surface area contributed by atoms with Crippen LogP contribution < -0.4 is 4.90 Å². The molecule has 0 saturated carbocycles. The minimum atomic E-state index is 0.0101. The number of aromatic nitrogens is 2. The minimum absolute atomic E-state index is 0.0101. The average Bonchev–Trinajstić information content (AvgIpc) is 2.99. The van der Waals surface area contributed by atoms with Crippen LogP contribution in [0.25, 0.3) is 17.2 Å². The fraction of sp³-hybridized carbons (Fsp3) is 0.111. The number of anilines is 1. The van der Waals surface area contributed by atoms with E-state index in [0.717, 1.165) is 28.3 Å². The molecule has 1 aliphatic heterocycles. The molecule has 0 bridgehead atoms. The standard InChI is InChI=1S/C18H15N3O/c1-12-19-15(17-9-5-6-10-21(12)17)11-14-13-7-3-4-8-16(13)20(2)18(14)22/h3-11H,1-2H3/b14-11-. The van der Waals surface area contributed by atoms with Gasteiger partial charge in [0.1, 0.15) is 5.82 Å². The van der Waals surface area contributed by atoms with Crippen molar-refractivity contribution in [2.45, 2.75) is 6.92 Å². The lowest BCUT2D eigenvalue weighted by Crippen LogP contribution is -2.20. The molecule has 4 heteroatoms. The van der Waals surface area contributed by atoms with Crippen LogP contribution in [0.15, 0.2) is 48.7 Å². The van der Waals surface area contributed by atoms with Crippen LogP contribution in [-0.4, -0.2) is 22.3 Å². The zero-order valence-corrected chi connectivity index (χ0v) is 12.4. The van der Waals surface area contributed by atoms with Gasteiger partial charge in [0, 0.05) is 18.8 Å². The zero-order chi connectivity index (χ0) is 15.3. The molecular weight excluding hydrogens is 274 g/mol. The van der Waals surface area contributed by atoms with E-state index in [1.54, 1.807) is 11.9 Å². The number of para-hydroxylation sites is 1. The molecule has 4 nitrogen and oxygen atoms in total. The number of hydrogen-bond donors (Lipinski definition) is 0. The molecule has 1 amide bonds. The van der Waals surface area contributed by atoms with Gasteiger partial charge < -0.3 is 9.30 Å². The highest BCUT2D eigenvalue weighted by Crippen LogP contribution is 2.36. The lowest BCUT2D eigenvalue weighted by Gasteiger charge is -2.07. The van der Waals surface area contributed by atoms with E-state index in [2.05, 4.69) is 4.98 Å². The van der Waals surface area contributed by atoms with E-state index in [-0.39, 0.29) is 5.91 Å². The molecule has 0 N–H and O–H groups in total. The summed E-state index contributed by atoms with van der Waals surface area (Å²) >= 11 is 0. The van der Waals surface area contributed by atoms with E-state index in [1.807, 2.05) is 66.1 Å². The Kier molecular flexibility index (Phi) is 2.66. The Morgan fingerprint density at radius 2 is 1.86 bits per heavy atom. The summed E-state index contributed by atoms with van der Waals surface area (Å²) in [6, 6.07) is 13.8. The van der Waals surface area contributed by atoms with Gasteiger partial charge in [-0.3, -0.25) is 4.79 Å². The molecule has 3 heterocycles. The van der Waals surface area contributed by atoms with Crippen molar-refractivity contribution in [2.75, 3.05) is 11.9 Å². The Bertz CT molecular complexity index is 936. The summed E-state index contributed by atoms with van der Waals surface area (Å²) in [5.74, 6) is 0.922. The summed E-state index contributed by atoms with van der Waals surface area (Å²) < 4.78 is 2.03. The smallest absolute Gasteiger partial charge is 0.258 e. The van der Waals surface area contributed by atoms with Gasteiger partial charge >= 0.3 is 0 Å². The summed E-state index contributed by atoms with van der Waals surface area (Å²) in [4.78, 5) is 18.8. The van der Waals surface area contributed by atoms with E-state index >= 15 is 0 Å². The third-order valence-corrected chi connectivity index (χ3v) is 4.12. The molecule has 0 saturated heterocycles. The normalized spacial score (nSPS) is 15.8. The average molecular weight is 289 g/mol. The van der Waals surface area contributed by atoms with Gasteiger partial charge in [0.15, 0.2) is 0 Å². The topological polar surface area (TPSA) is 37.6 Å². The molecule has 4 rings (SSSR count). The van der Waals surface area contributed by atoms with Crippen molar-refractivity contribution >= 4 is 28.8 Å². The molecule has 0 aliphatic carbocycles. The molecule has 0 atom stereocenters. The molecule has 1 aliphatic rings. The van der Waals surface area contributed by atoms with Crippen LogP contribution in [0.4, 0.5) is 5.69 Å². The van der Waals surface area contributed by atoms with Crippen molar-refractivity contribution in [2.24, 2.45) is 0 Å². The highest BCUT2D eigenvalue weighted by atomic mass is 16.2. The first-order valence-corrected chi connectivity index (χ1v) is 7.19. The van der Waals surface area contributed by atoms with E-state index in [4.69, 9.17) is 0 Å². The molecular formula is C18H15N3O. The molecule has 0 fully saturated rings. The van der Waals surface area contributed by atoms with Gasteiger partial charge in [0.2, 0.25) is 0 Å². The van der Waals surface area contributed by atoms with E-state index in [9.17, 15) is 4.79 Å². The second kappa shape index (κ2) is 4.56. The number of imidazole rings is 1. The number of benzene rings is 1. The van der Waals surface area contributed by atoms with E-state index < -0.39 is 0 Å². The van der Waals surface area contributed by atoms with Crippen molar-refractivity contribution in [3.63, 3.8) is 0 Å². The second-order valence-corrected chi connectivity index (χ2v) is 5.44. The molecule has 0 unspecified atom stereocenters. The fourth-order valence-electron chi connectivity index (χ4n) is 3.00. The highest BCUT2D eigenvalue weighted by molar-refractivity contribution is 6.35. The van der Waals surface area contributed by atoms with Crippen molar-refractivity contribution < 1.29 is 4.79 Å². The number of hydrogen-bond acceptors (Lipinski definition) is 2. The molecule has 2 aromatic heterocycles. The van der Waals surface area contributed by atoms with Gasteiger partial charge in [-0.1, -0.05) is 24.3 Å². The third kappa shape index (κ3) is 1.70. The largest absolute Gasteiger partial charge is 0.311 e. The van der Waals surface area contributed by atoms with Gasteiger partial charge in [-0.05, 0) is 31.2 Å². The van der Waals surface area contributed by atoms with Crippen LogP contribution in [-0.2, 0) is 4.79 Å². The van der Waals surface area contributed by atoms with Crippen LogP contribution in [0.3, 0.4) is 0 Å². The first-order chi connectivity index (χ1) is 10.7. The number of aryl methyl sites for hydroxylation is 1. The maximum Gasteiger partial charge on any atom is 0.258 e. The van der Waals surface area contributed by atoms with Gasteiger partial charge in [0.05, 0.1) is 22.5 Å². The lowest BCUT2D eigenvalue weighted by molar-refractivity contribution is -0.112. The number of pyridine rings is 1. The fourth-order valence-corrected chi connectivity index (χ4v) is 3.00. The third-order valence-electron chi connectivity index (χ3n) is 4.12. The van der Waals surface area contributed by atoms with Crippen LogP contribution in [0.2, 0.25) is 0 Å². The van der Waals surface area contributed by atoms with Crippen LogP contribution in [0.1, 0.15) is 17.1 Å². The molecule has 22 heavy (non-hydrogen) atoms. The van der Waals surface area contributed by atoms with Crippen LogP contribution >= 0.6 is 0 Å². The monoisotopic (exact) mass is 289 g/mol. The van der Waals surface area contributed by atoms with Gasteiger partial charge in [0.25, 0.3) is 5.91 Å². The number of nitrogens with zero attached hydrogens (tertiary/aromatic N) is 3. The Labute approximate surface area is 128 Å². The zero-order valence-electron chi connectivity index (χ0n) is 12.4. The van der Waals surface area contributed by atoms with Crippen molar-refractivity contribution in [3.8, 4) is 0 Å². The van der Waals surface area contributed by atoms with Crippen molar-refractivity contribution in [1.29, 1.82) is 0 Å². The number of likely N-dealkylation sites (N-methyl/N-ethyl adjacent to an activating group) is 1. The van der Waals surface area contributed by atoms with Crippen LogP contribution in [0, 0.1) is 6.92 Å². The Hall–Kier alpha value is -2.88. The summed E-state index contributed by atoms with van der Waals surface area (Å²) in [5.41, 5.74) is 4.43. The molecule has 108 valence electrons. The summed E-state index contributed by atoms with van der Waals surface area (Å²) in [7, 11) is 1.80. The summed E-state index contributed by atoms with van der Waals surface area (Å²) in [6.45, 7) is 1.96. The predicted octanol–water partition coefficient (Wildman–Crippen LogP) is 3.16. The minimum Gasteiger partial charge on any atom is -0.311 e. The maximum absolute atomic E-state index is 12.5. The predicted molar refractivity (Wildman–Crippen MR) is 87.7 cm³/mol. The molecule has 1 aromatic carbocycles. The maximum atomic E-state index is 12.5. The Morgan fingerprint density at radius 1 is 1.09 bits per heavy atom. The Balaban J connectivity index is 1.94. The first-order valence-electron chi connectivity index (χ1n) is 7.19. The first kappa shape index (κ1) is 12.8. The summed E-state index contributed by atoms with van der Waals surface area (Å²) in [5, 5.41) is 0. The number of amides is 1. The molecule has 0 spiro atoms. The lowest BCUT2D eigenvalue weighted by atomic mass is 10.1. The van der Waals surface area contributed by atoms with Gasteiger partial charge in [-0.15, -0.1) is 0 Å². The van der Waals surface area contributed by atoms with Crippen LogP contribution in [0.5, 0.6) is 0 Å². The van der Waals surface area contributed by atoms with E-state index in [1.165, 1.54) is 0 Å².